The Bertz CT molecular complexity index is 500. The first kappa shape index (κ1) is 11.1. The third-order valence-corrected chi connectivity index (χ3v) is 2.93. The number of nitrogens with zero attached hydrogens (tertiary/aromatic N) is 2. The molecule has 0 N–H and O–H groups in total. The molecule has 1 aromatic carbocycles. The van der Waals surface area contributed by atoms with Crippen molar-refractivity contribution >= 4 is 10.9 Å². The molecule has 3 nitrogen and oxygen atoms in total. The molecule has 2 aromatic rings. The molecule has 1 heterocycles. The second-order valence-corrected chi connectivity index (χ2v) is 4.43. The second kappa shape index (κ2) is 4.26. The Morgan fingerprint density at radius 2 is 2.12 bits per heavy atom. The van der Waals surface area contributed by atoms with Crippen LogP contribution in [0.25, 0.3) is 10.9 Å². The highest BCUT2D eigenvalue weighted by Crippen LogP contribution is 2.23. The summed E-state index contributed by atoms with van der Waals surface area (Å²) in [6, 6.07) is 6.46. The molecule has 0 spiro atoms. The van der Waals surface area contributed by atoms with Crippen LogP contribution in [-0.4, -0.2) is 16.9 Å². The maximum absolute atomic E-state index is 5.21. The van der Waals surface area contributed by atoms with Gasteiger partial charge in [0, 0.05) is 19.5 Å². The molecule has 0 aliphatic heterocycles. The molecule has 0 aliphatic carbocycles. The van der Waals surface area contributed by atoms with Crippen molar-refractivity contribution in [2.75, 3.05) is 7.11 Å². The number of fused-ring (bicyclic) bond motifs is 1. The number of aryl methyl sites for hydroxylation is 1. The lowest BCUT2D eigenvalue weighted by atomic mass is 10.0. The van der Waals surface area contributed by atoms with Crippen molar-refractivity contribution in [3.8, 4) is 0 Å². The molecule has 2 rings (SSSR count). The molecule has 1 aromatic heterocycles. The lowest BCUT2D eigenvalue weighted by Crippen LogP contribution is -1.99. The maximum Gasteiger partial charge on any atom is 0.0927 e. The topological polar surface area (TPSA) is 27.1 Å². The van der Waals surface area contributed by atoms with E-state index < -0.39 is 0 Å². The molecule has 0 atom stereocenters. The van der Waals surface area contributed by atoms with E-state index in [0.717, 1.165) is 11.2 Å². The minimum Gasteiger partial charge on any atom is -0.378 e. The summed E-state index contributed by atoms with van der Waals surface area (Å²) < 4.78 is 7.12. The van der Waals surface area contributed by atoms with Crippen molar-refractivity contribution in [2.45, 2.75) is 26.4 Å². The zero-order chi connectivity index (χ0) is 11.7. The lowest BCUT2D eigenvalue weighted by molar-refractivity contribution is 0.179. The van der Waals surface area contributed by atoms with Crippen LogP contribution in [0.1, 0.15) is 31.0 Å². The highest BCUT2D eigenvalue weighted by Gasteiger charge is 2.10. The van der Waals surface area contributed by atoms with Crippen LogP contribution < -0.4 is 0 Å². The molecule has 0 saturated carbocycles. The van der Waals surface area contributed by atoms with Crippen LogP contribution in [0.2, 0.25) is 0 Å². The van der Waals surface area contributed by atoms with E-state index in [-0.39, 0.29) is 0 Å². The Balaban J connectivity index is 2.60. The van der Waals surface area contributed by atoms with E-state index in [1.165, 1.54) is 10.9 Å². The normalized spacial score (nSPS) is 11.6. The van der Waals surface area contributed by atoms with Gasteiger partial charge in [-0.3, -0.25) is 4.68 Å². The maximum atomic E-state index is 5.21. The van der Waals surface area contributed by atoms with Gasteiger partial charge in [-0.05, 0) is 23.6 Å². The van der Waals surface area contributed by atoms with Crippen LogP contribution in [0.15, 0.2) is 18.2 Å². The number of aromatic nitrogens is 2. The fourth-order valence-corrected chi connectivity index (χ4v) is 1.94. The van der Waals surface area contributed by atoms with Crippen LogP contribution in [-0.2, 0) is 18.4 Å². The zero-order valence-electron chi connectivity index (χ0n) is 10.3. The summed E-state index contributed by atoms with van der Waals surface area (Å²) in [6.07, 6.45) is 0. The number of hydrogen-bond donors (Lipinski definition) is 0. The van der Waals surface area contributed by atoms with E-state index in [1.807, 2.05) is 11.7 Å². The number of ether oxygens (including phenoxy) is 1. The molecule has 0 amide bonds. The van der Waals surface area contributed by atoms with E-state index in [1.54, 1.807) is 7.11 Å². The monoisotopic (exact) mass is 218 g/mol. The predicted molar refractivity (Wildman–Crippen MR) is 65.5 cm³/mol. The van der Waals surface area contributed by atoms with Crippen molar-refractivity contribution in [2.24, 2.45) is 7.05 Å². The van der Waals surface area contributed by atoms with Gasteiger partial charge in [0.15, 0.2) is 0 Å². The summed E-state index contributed by atoms with van der Waals surface area (Å²) in [5.41, 5.74) is 3.52. The van der Waals surface area contributed by atoms with Gasteiger partial charge in [-0.25, -0.2) is 0 Å². The molecule has 0 fully saturated rings. The zero-order valence-corrected chi connectivity index (χ0v) is 10.3. The number of hydrogen-bond acceptors (Lipinski definition) is 2. The predicted octanol–water partition coefficient (Wildman–Crippen LogP) is 2.84. The minimum atomic E-state index is 0.542. The average Bonchev–Trinajstić information content (AvgIpc) is 2.55. The molecule has 3 heteroatoms. The third-order valence-electron chi connectivity index (χ3n) is 2.93. The first-order valence-electron chi connectivity index (χ1n) is 5.58. The SMILES string of the molecule is COCc1c2cc(C(C)C)ccc2nn1C. The second-order valence-electron chi connectivity index (χ2n) is 4.43. The smallest absolute Gasteiger partial charge is 0.0927 e. The first-order valence-corrected chi connectivity index (χ1v) is 5.58. The fraction of sp³-hybridized carbons (Fsp3) is 0.462. The Kier molecular flexibility index (Phi) is 2.97. The quantitative estimate of drug-likeness (QED) is 0.792. The van der Waals surface area contributed by atoms with E-state index in [0.29, 0.717) is 12.5 Å². The molecule has 0 aliphatic rings. The first-order chi connectivity index (χ1) is 7.63. The Morgan fingerprint density at radius 1 is 1.38 bits per heavy atom. The standard InChI is InChI=1S/C13H18N2O/c1-9(2)10-5-6-12-11(7-10)13(8-16-4)15(3)14-12/h5-7,9H,8H2,1-4H3. The van der Waals surface area contributed by atoms with Crippen LogP contribution in [0, 0.1) is 0 Å². The summed E-state index contributed by atoms with van der Waals surface area (Å²) >= 11 is 0. The highest BCUT2D eigenvalue weighted by atomic mass is 16.5. The van der Waals surface area contributed by atoms with Crippen molar-refractivity contribution in [1.82, 2.24) is 9.78 Å². The Morgan fingerprint density at radius 3 is 2.75 bits per heavy atom. The number of rotatable bonds is 3. The number of benzene rings is 1. The molecule has 0 saturated heterocycles. The van der Waals surface area contributed by atoms with Crippen LogP contribution in [0.4, 0.5) is 0 Å². The van der Waals surface area contributed by atoms with Crippen molar-refractivity contribution in [1.29, 1.82) is 0 Å². The summed E-state index contributed by atoms with van der Waals surface area (Å²) in [6.45, 7) is 5.01. The molecule has 0 radical (unpaired) electrons. The van der Waals surface area contributed by atoms with Crippen molar-refractivity contribution in [3.63, 3.8) is 0 Å². The summed E-state index contributed by atoms with van der Waals surface area (Å²) in [5.74, 6) is 0.542. The van der Waals surface area contributed by atoms with Gasteiger partial charge in [0.25, 0.3) is 0 Å². The van der Waals surface area contributed by atoms with E-state index in [2.05, 4.69) is 37.1 Å². The Labute approximate surface area is 96.0 Å². The van der Waals surface area contributed by atoms with Crippen LogP contribution >= 0.6 is 0 Å². The van der Waals surface area contributed by atoms with Crippen molar-refractivity contribution < 1.29 is 4.74 Å². The highest BCUT2D eigenvalue weighted by molar-refractivity contribution is 5.82. The van der Waals surface area contributed by atoms with Crippen LogP contribution in [0.3, 0.4) is 0 Å². The summed E-state index contributed by atoms with van der Waals surface area (Å²) in [7, 11) is 3.68. The third kappa shape index (κ3) is 1.83. The van der Waals surface area contributed by atoms with Gasteiger partial charge in [0.1, 0.15) is 0 Å². The Hall–Kier alpha value is -1.35. The largest absolute Gasteiger partial charge is 0.378 e. The van der Waals surface area contributed by atoms with Gasteiger partial charge in [-0.2, -0.15) is 5.10 Å². The van der Waals surface area contributed by atoms with Gasteiger partial charge < -0.3 is 4.74 Å². The van der Waals surface area contributed by atoms with Crippen LogP contribution in [0.5, 0.6) is 0 Å². The minimum absolute atomic E-state index is 0.542. The van der Waals surface area contributed by atoms with E-state index >= 15 is 0 Å². The molecule has 86 valence electrons. The van der Waals surface area contributed by atoms with Gasteiger partial charge in [-0.1, -0.05) is 19.9 Å². The molecule has 16 heavy (non-hydrogen) atoms. The molecular weight excluding hydrogens is 200 g/mol. The van der Waals surface area contributed by atoms with Gasteiger partial charge >= 0.3 is 0 Å². The lowest BCUT2D eigenvalue weighted by Gasteiger charge is -2.05. The molecule has 0 unspecified atom stereocenters. The summed E-state index contributed by atoms with van der Waals surface area (Å²) in [4.78, 5) is 0. The van der Waals surface area contributed by atoms with E-state index in [4.69, 9.17) is 4.74 Å². The van der Waals surface area contributed by atoms with Gasteiger partial charge in [-0.15, -0.1) is 0 Å². The van der Waals surface area contributed by atoms with Gasteiger partial charge in [0.05, 0.1) is 17.8 Å². The molecular formula is C13H18N2O. The fourth-order valence-electron chi connectivity index (χ4n) is 1.94. The molecule has 0 bridgehead atoms. The van der Waals surface area contributed by atoms with Crippen molar-refractivity contribution in [3.05, 3.63) is 29.5 Å². The number of methoxy groups -OCH3 is 1. The van der Waals surface area contributed by atoms with E-state index in [9.17, 15) is 0 Å². The van der Waals surface area contributed by atoms with Gasteiger partial charge in [0.2, 0.25) is 0 Å². The average molecular weight is 218 g/mol. The summed E-state index contributed by atoms with van der Waals surface area (Å²) in [5, 5.41) is 5.67.